The molecule has 0 fully saturated rings. The molecule has 1 heterocycles. The maximum Gasteiger partial charge on any atom is 0.324 e. The molecule has 0 radical (unpaired) electrons. The molecule has 0 unspecified atom stereocenters. The van der Waals surface area contributed by atoms with E-state index >= 15 is 0 Å². The third-order valence-corrected chi connectivity index (χ3v) is 3.13. The summed E-state index contributed by atoms with van der Waals surface area (Å²) in [5.41, 5.74) is 0.973. The summed E-state index contributed by atoms with van der Waals surface area (Å²) in [7, 11) is 0. The molecule has 8 heteroatoms. The average Bonchev–Trinajstić information content (AvgIpc) is 2.61. The van der Waals surface area contributed by atoms with Crippen LogP contribution in [0.5, 0.6) is 0 Å². The minimum atomic E-state index is -0.964. The molecular weight excluding hydrogens is 328 g/mol. The molecule has 2 amide bonds. The molecule has 0 spiro atoms. The summed E-state index contributed by atoms with van der Waals surface area (Å²) in [5, 5.41) is 15.7. The van der Waals surface area contributed by atoms with Gasteiger partial charge in [0.1, 0.15) is 0 Å². The van der Waals surface area contributed by atoms with Gasteiger partial charge in [-0.15, -0.1) is 10.2 Å². The van der Waals surface area contributed by atoms with E-state index in [-0.39, 0.29) is 5.82 Å². The van der Waals surface area contributed by atoms with E-state index in [2.05, 4.69) is 26.1 Å². The first kappa shape index (κ1) is 16.3. The number of hydrogen-bond acceptors (Lipinski definition) is 4. The monoisotopic (exact) mass is 341 g/mol. The van der Waals surface area contributed by atoms with Gasteiger partial charge >= 0.3 is 6.03 Å². The number of nitrogens with zero attached hydrogens (tertiary/aromatic N) is 2. The molecule has 0 saturated carbocycles. The highest BCUT2D eigenvalue weighted by molar-refractivity contribution is 5.99. The van der Waals surface area contributed by atoms with E-state index in [4.69, 9.17) is 0 Å². The Bertz CT molecular complexity index is 872. The summed E-state index contributed by atoms with van der Waals surface area (Å²) in [4.78, 5) is 11.8. The zero-order chi connectivity index (χ0) is 17.6. The van der Waals surface area contributed by atoms with Crippen LogP contribution in [0, 0.1) is 11.6 Å². The van der Waals surface area contributed by atoms with Crippen molar-refractivity contribution in [2.24, 2.45) is 0 Å². The summed E-state index contributed by atoms with van der Waals surface area (Å²) in [6.07, 6.45) is 0. The zero-order valence-electron chi connectivity index (χ0n) is 12.8. The van der Waals surface area contributed by atoms with Gasteiger partial charge in [0.15, 0.2) is 23.3 Å². The highest BCUT2D eigenvalue weighted by Gasteiger charge is 2.06. The normalized spacial score (nSPS) is 10.2. The topological polar surface area (TPSA) is 78.9 Å². The van der Waals surface area contributed by atoms with Crippen LogP contribution < -0.4 is 16.0 Å². The molecule has 0 aliphatic carbocycles. The third kappa shape index (κ3) is 4.47. The first-order chi connectivity index (χ1) is 12.1. The largest absolute Gasteiger partial charge is 0.339 e. The molecule has 6 nitrogen and oxygen atoms in total. The van der Waals surface area contributed by atoms with Crippen molar-refractivity contribution >= 4 is 29.0 Å². The first-order valence-corrected chi connectivity index (χ1v) is 7.29. The summed E-state index contributed by atoms with van der Waals surface area (Å²) >= 11 is 0. The molecule has 2 aromatic carbocycles. The molecule has 0 aliphatic heterocycles. The van der Waals surface area contributed by atoms with Crippen molar-refractivity contribution < 1.29 is 13.6 Å². The van der Waals surface area contributed by atoms with Crippen LogP contribution in [-0.2, 0) is 0 Å². The number of aromatic nitrogens is 2. The Labute approximate surface area is 141 Å². The van der Waals surface area contributed by atoms with Gasteiger partial charge in [-0.05, 0) is 36.4 Å². The lowest BCUT2D eigenvalue weighted by atomic mass is 10.3. The van der Waals surface area contributed by atoms with Gasteiger partial charge < -0.3 is 10.6 Å². The van der Waals surface area contributed by atoms with Gasteiger partial charge in [-0.2, -0.15) is 0 Å². The van der Waals surface area contributed by atoms with Crippen molar-refractivity contribution in [3.8, 4) is 0 Å². The highest BCUT2D eigenvalue weighted by atomic mass is 19.2. The fraction of sp³-hybridized carbons (Fsp3) is 0. The van der Waals surface area contributed by atoms with Crippen LogP contribution in [-0.4, -0.2) is 16.2 Å². The Hall–Kier alpha value is -3.55. The lowest BCUT2D eigenvalue weighted by molar-refractivity contribution is 0.262. The lowest BCUT2D eigenvalue weighted by Crippen LogP contribution is -2.20. The molecule has 126 valence electrons. The van der Waals surface area contributed by atoms with Gasteiger partial charge in [0.2, 0.25) is 0 Å². The van der Waals surface area contributed by atoms with Crippen LogP contribution in [0.3, 0.4) is 0 Å². The highest BCUT2D eigenvalue weighted by Crippen LogP contribution is 2.17. The fourth-order valence-corrected chi connectivity index (χ4v) is 1.99. The van der Waals surface area contributed by atoms with Crippen LogP contribution in [0.4, 0.5) is 36.6 Å². The Morgan fingerprint density at radius 1 is 0.760 bits per heavy atom. The maximum absolute atomic E-state index is 13.2. The van der Waals surface area contributed by atoms with Crippen LogP contribution in [0.2, 0.25) is 0 Å². The second-order valence-corrected chi connectivity index (χ2v) is 5.00. The van der Waals surface area contributed by atoms with Crippen molar-refractivity contribution in [3.05, 3.63) is 72.3 Å². The molecule has 3 rings (SSSR count). The Morgan fingerprint density at radius 2 is 1.48 bits per heavy atom. The molecule has 0 aliphatic rings. The number of hydrogen-bond donors (Lipinski definition) is 3. The van der Waals surface area contributed by atoms with E-state index in [1.807, 2.05) is 6.07 Å². The quantitative estimate of drug-likeness (QED) is 0.666. The second kappa shape index (κ2) is 7.35. The van der Waals surface area contributed by atoms with Crippen LogP contribution in [0.25, 0.3) is 0 Å². The number of para-hydroxylation sites is 1. The molecular formula is C17H13F2N5O. The predicted octanol–water partition coefficient (Wildman–Crippen LogP) is 4.14. The molecule has 25 heavy (non-hydrogen) atoms. The van der Waals surface area contributed by atoms with Crippen molar-refractivity contribution in [2.45, 2.75) is 0 Å². The van der Waals surface area contributed by atoms with E-state index in [1.54, 1.807) is 30.3 Å². The average molecular weight is 341 g/mol. The molecule has 0 atom stereocenters. The second-order valence-electron chi connectivity index (χ2n) is 5.00. The number of rotatable bonds is 4. The van der Waals surface area contributed by atoms with E-state index in [0.717, 1.165) is 12.1 Å². The molecule has 0 saturated heterocycles. The SMILES string of the molecule is O=C(Nc1ccccc1)Nc1ccc(Nc2ccc(F)c(F)c2)nn1. The maximum atomic E-state index is 13.2. The smallest absolute Gasteiger partial charge is 0.324 e. The van der Waals surface area contributed by atoms with Crippen molar-refractivity contribution in [2.75, 3.05) is 16.0 Å². The standard InChI is InChI=1S/C17H13F2N5O/c18-13-7-6-12(10-14(13)19)20-15-8-9-16(24-23-15)22-17(25)21-11-4-2-1-3-5-11/h1-10H,(H,20,23)(H2,21,22,24,25). The third-order valence-electron chi connectivity index (χ3n) is 3.13. The number of benzene rings is 2. The molecule has 3 N–H and O–H groups in total. The van der Waals surface area contributed by atoms with Crippen LogP contribution >= 0.6 is 0 Å². The number of carbonyl (C=O) groups excluding carboxylic acids is 1. The summed E-state index contributed by atoms with van der Waals surface area (Å²) in [6, 6.07) is 15.0. The number of urea groups is 1. The minimum Gasteiger partial charge on any atom is -0.339 e. The van der Waals surface area contributed by atoms with Gasteiger partial charge in [-0.25, -0.2) is 13.6 Å². The van der Waals surface area contributed by atoms with Crippen molar-refractivity contribution in [3.63, 3.8) is 0 Å². The van der Waals surface area contributed by atoms with E-state index in [0.29, 0.717) is 17.2 Å². The number of amides is 2. The number of halogens is 2. The van der Waals surface area contributed by atoms with E-state index < -0.39 is 17.7 Å². The first-order valence-electron chi connectivity index (χ1n) is 7.29. The number of nitrogens with one attached hydrogen (secondary N) is 3. The van der Waals surface area contributed by atoms with Crippen LogP contribution in [0.15, 0.2) is 60.7 Å². The lowest BCUT2D eigenvalue weighted by Gasteiger charge is -2.08. The molecule has 1 aromatic heterocycles. The summed E-state index contributed by atoms with van der Waals surface area (Å²) in [6.45, 7) is 0. The Morgan fingerprint density at radius 3 is 2.16 bits per heavy atom. The fourth-order valence-electron chi connectivity index (χ4n) is 1.99. The van der Waals surface area contributed by atoms with Crippen LogP contribution in [0.1, 0.15) is 0 Å². The number of carbonyl (C=O) groups is 1. The summed E-state index contributed by atoms with van der Waals surface area (Å²) < 4.78 is 26.1. The van der Waals surface area contributed by atoms with Gasteiger partial charge in [0, 0.05) is 17.4 Å². The van der Waals surface area contributed by atoms with Gasteiger partial charge in [-0.3, -0.25) is 5.32 Å². The Balaban J connectivity index is 1.60. The molecule has 0 bridgehead atoms. The van der Waals surface area contributed by atoms with Crippen molar-refractivity contribution in [1.29, 1.82) is 0 Å². The minimum absolute atomic E-state index is 0.240. The van der Waals surface area contributed by atoms with Gasteiger partial charge in [0.25, 0.3) is 0 Å². The van der Waals surface area contributed by atoms with E-state index in [9.17, 15) is 13.6 Å². The summed E-state index contributed by atoms with van der Waals surface area (Å²) in [5.74, 6) is -1.33. The molecule has 3 aromatic rings. The van der Waals surface area contributed by atoms with E-state index in [1.165, 1.54) is 12.1 Å². The number of anilines is 4. The Kier molecular flexibility index (Phi) is 4.79. The predicted molar refractivity (Wildman–Crippen MR) is 90.8 cm³/mol. The van der Waals surface area contributed by atoms with Crippen molar-refractivity contribution in [1.82, 2.24) is 10.2 Å². The zero-order valence-corrected chi connectivity index (χ0v) is 12.8. The van der Waals surface area contributed by atoms with Gasteiger partial charge in [0.05, 0.1) is 0 Å². The van der Waals surface area contributed by atoms with Gasteiger partial charge in [-0.1, -0.05) is 18.2 Å².